The summed E-state index contributed by atoms with van der Waals surface area (Å²) in [5.74, 6) is 0.0806. The van der Waals surface area contributed by atoms with Crippen LogP contribution in [0.25, 0.3) is 0 Å². The molecular weight excluding hydrogens is 314 g/mol. The van der Waals surface area contributed by atoms with Crippen LogP contribution in [0.5, 0.6) is 17.2 Å². The fourth-order valence-corrected chi connectivity index (χ4v) is 2.18. The minimum atomic E-state index is -0.644. The summed E-state index contributed by atoms with van der Waals surface area (Å²) < 4.78 is 20.6. The zero-order chi connectivity index (χ0) is 18.1. The van der Waals surface area contributed by atoms with E-state index in [1.165, 1.54) is 33.5 Å². The van der Waals surface area contributed by atoms with Gasteiger partial charge in [0, 0.05) is 6.04 Å². The van der Waals surface area contributed by atoms with Gasteiger partial charge in [-0.2, -0.15) is 0 Å². The van der Waals surface area contributed by atoms with Crippen LogP contribution in [0, 0.1) is 0 Å². The van der Waals surface area contributed by atoms with Gasteiger partial charge < -0.3 is 24.3 Å². The molecule has 0 atom stereocenters. The largest absolute Gasteiger partial charge is 0.493 e. The highest BCUT2D eigenvalue weighted by atomic mass is 16.5. The molecule has 0 aliphatic heterocycles. The van der Waals surface area contributed by atoms with Gasteiger partial charge in [-0.25, -0.2) is 4.79 Å². The van der Waals surface area contributed by atoms with E-state index in [1.807, 2.05) is 13.8 Å². The number of carbonyl (C=O) groups excluding carboxylic acids is 2. The normalized spacial score (nSPS) is 10.2. The van der Waals surface area contributed by atoms with E-state index in [2.05, 4.69) is 5.32 Å². The van der Waals surface area contributed by atoms with Crippen LogP contribution >= 0.6 is 0 Å². The number of rotatable bonds is 9. The molecule has 0 aromatic heterocycles. The Morgan fingerprint density at radius 2 is 1.54 bits per heavy atom. The second kappa shape index (κ2) is 9.64. The molecule has 0 unspecified atom stereocenters. The molecule has 1 amide bonds. The van der Waals surface area contributed by atoms with Crippen LogP contribution in [-0.2, 0) is 9.53 Å². The highest BCUT2D eigenvalue weighted by Gasteiger charge is 2.19. The molecule has 0 aliphatic carbocycles. The zero-order valence-corrected chi connectivity index (χ0v) is 14.8. The van der Waals surface area contributed by atoms with E-state index in [-0.39, 0.29) is 24.1 Å². The molecule has 1 aromatic rings. The smallest absolute Gasteiger partial charge is 0.338 e. The molecular formula is C17H25NO6. The molecule has 0 radical (unpaired) electrons. The predicted molar refractivity (Wildman–Crippen MR) is 88.9 cm³/mol. The van der Waals surface area contributed by atoms with Crippen molar-refractivity contribution < 1.29 is 28.5 Å². The minimum Gasteiger partial charge on any atom is -0.493 e. The maximum Gasteiger partial charge on any atom is 0.338 e. The standard InChI is InChI=1S/C17H25NO6/c1-6-12(7-2)18-15(19)10-24-17(20)11-8-13(21-3)16(23-5)14(9-11)22-4/h8-9,12H,6-7,10H2,1-5H3,(H,18,19). The summed E-state index contributed by atoms with van der Waals surface area (Å²) in [4.78, 5) is 24.0. The van der Waals surface area contributed by atoms with Gasteiger partial charge >= 0.3 is 5.97 Å². The number of ether oxygens (including phenoxy) is 4. The first-order chi connectivity index (χ1) is 11.5. The number of hydrogen-bond acceptors (Lipinski definition) is 6. The van der Waals surface area contributed by atoms with Crippen molar-refractivity contribution in [2.45, 2.75) is 32.7 Å². The third-order valence-corrected chi connectivity index (χ3v) is 3.59. The number of esters is 1. The van der Waals surface area contributed by atoms with Crippen molar-refractivity contribution in [1.82, 2.24) is 5.32 Å². The van der Waals surface area contributed by atoms with E-state index >= 15 is 0 Å². The molecule has 1 rings (SSSR count). The van der Waals surface area contributed by atoms with E-state index in [0.717, 1.165) is 12.8 Å². The van der Waals surface area contributed by atoms with Crippen LogP contribution < -0.4 is 19.5 Å². The van der Waals surface area contributed by atoms with Gasteiger partial charge in [0.05, 0.1) is 26.9 Å². The first kappa shape index (κ1) is 19.6. The molecule has 1 N–H and O–H groups in total. The lowest BCUT2D eigenvalue weighted by molar-refractivity contribution is -0.125. The van der Waals surface area contributed by atoms with Crippen molar-refractivity contribution in [2.24, 2.45) is 0 Å². The van der Waals surface area contributed by atoms with Crippen LogP contribution in [0.3, 0.4) is 0 Å². The average molecular weight is 339 g/mol. The molecule has 24 heavy (non-hydrogen) atoms. The maximum absolute atomic E-state index is 12.2. The van der Waals surface area contributed by atoms with E-state index < -0.39 is 5.97 Å². The number of amides is 1. The van der Waals surface area contributed by atoms with Gasteiger partial charge in [-0.15, -0.1) is 0 Å². The molecule has 0 spiro atoms. The maximum atomic E-state index is 12.2. The van der Waals surface area contributed by atoms with Gasteiger partial charge in [-0.05, 0) is 25.0 Å². The SMILES string of the molecule is CCC(CC)NC(=O)COC(=O)c1cc(OC)c(OC)c(OC)c1. The van der Waals surface area contributed by atoms with Crippen LogP contribution in [-0.4, -0.2) is 45.9 Å². The zero-order valence-electron chi connectivity index (χ0n) is 14.8. The Morgan fingerprint density at radius 3 is 1.96 bits per heavy atom. The summed E-state index contributed by atoms with van der Waals surface area (Å²) in [7, 11) is 4.38. The molecule has 0 bridgehead atoms. The van der Waals surface area contributed by atoms with Crippen molar-refractivity contribution in [2.75, 3.05) is 27.9 Å². The molecule has 0 fully saturated rings. The number of hydrogen-bond donors (Lipinski definition) is 1. The van der Waals surface area contributed by atoms with Gasteiger partial charge in [-0.1, -0.05) is 13.8 Å². The number of methoxy groups -OCH3 is 3. The number of benzene rings is 1. The lowest BCUT2D eigenvalue weighted by Gasteiger charge is -2.15. The van der Waals surface area contributed by atoms with Crippen molar-refractivity contribution >= 4 is 11.9 Å². The van der Waals surface area contributed by atoms with Crippen molar-refractivity contribution in [3.63, 3.8) is 0 Å². The number of carbonyl (C=O) groups is 2. The first-order valence-corrected chi connectivity index (χ1v) is 7.77. The van der Waals surface area contributed by atoms with E-state index in [9.17, 15) is 9.59 Å². The summed E-state index contributed by atoms with van der Waals surface area (Å²) >= 11 is 0. The Morgan fingerprint density at radius 1 is 1.00 bits per heavy atom. The third-order valence-electron chi connectivity index (χ3n) is 3.59. The van der Waals surface area contributed by atoms with Gasteiger partial charge in [0.15, 0.2) is 18.1 Å². The lowest BCUT2D eigenvalue weighted by Crippen LogP contribution is -2.36. The Balaban J connectivity index is 2.79. The quantitative estimate of drug-likeness (QED) is 0.694. The highest BCUT2D eigenvalue weighted by molar-refractivity contribution is 5.92. The predicted octanol–water partition coefficient (Wildman–Crippen LogP) is 2.17. The molecule has 7 heteroatoms. The topological polar surface area (TPSA) is 83.1 Å². The lowest BCUT2D eigenvalue weighted by atomic mass is 10.2. The fourth-order valence-electron chi connectivity index (χ4n) is 2.18. The number of nitrogens with one attached hydrogen (secondary N) is 1. The van der Waals surface area contributed by atoms with Crippen molar-refractivity contribution in [3.05, 3.63) is 17.7 Å². The second-order valence-electron chi connectivity index (χ2n) is 5.07. The monoisotopic (exact) mass is 339 g/mol. The van der Waals surface area contributed by atoms with E-state index in [4.69, 9.17) is 18.9 Å². The summed E-state index contributed by atoms with van der Waals surface area (Å²) in [6.45, 7) is 3.62. The van der Waals surface area contributed by atoms with E-state index in [0.29, 0.717) is 17.2 Å². The summed E-state index contributed by atoms with van der Waals surface area (Å²) in [6.07, 6.45) is 1.64. The third kappa shape index (κ3) is 5.04. The summed E-state index contributed by atoms with van der Waals surface area (Å²) in [5.41, 5.74) is 0.208. The van der Waals surface area contributed by atoms with Gasteiger partial charge in [0.1, 0.15) is 0 Å². The molecule has 0 heterocycles. The Labute approximate surface area is 142 Å². The fraction of sp³-hybridized carbons (Fsp3) is 0.529. The second-order valence-corrected chi connectivity index (χ2v) is 5.07. The van der Waals surface area contributed by atoms with Gasteiger partial charge in [0.2, 0.25) is 5.75 Å². The van der Waals surface area contributed by atoms with E-state index in [1.54, 1.807) is 0 Å². The summed E-state index contributed by atoms with van der Waals surface area (Å²) in [6, 6.07) is 3.03. The summed E-state index contributed by atoms with van der Waals surface area (Å²) in [5, 5.41) is 2.80. The molecule has 7 nitrogen and oxygen atoms in total. The van der Waals surface area contributed by atoms with Crippen LogP contribution in [0.15, 0.2) is 12.1 Å². The highest BCUT2D eigenvalue weighted by Crippen LogP contribution is 2.38. The Bertz CT molecular complexity index is 543. The molecule has 1 aromatic carbocycles. The van der Waals surface area contributed by atoms with Crippen LogP contribution in [0.2, 0.25) is 0 Å². The molecule has 0 saturated heterocycles. The van der Waals surface area contributed by atoms with Crippen LogP contribution in [0.1, 0.15) is 37.0 Å². The van der Waals surface area contributed by atoms with Crippen molar-refractivity contribution in [3.8, 4) is 17.2 Å². The molecule has 0 saturated carbocycles. The Kier molecular flexibility index (Phi) is 7.88. The first-order valence-electron chi connectivity index (χ1n) is 7.77. The minimum absolute atomic E-state index is 0.0809. The molecule has 134 valence electrons. The van der Waals surface area contributed by atoms with Gasteiger partial charge in [0.25, 0.3) is 5.91 Å². The van der Waals surface area contributed by atoms with Crippen molar-refractivity contribution in [1.29, 1.82) is 0 Å². The van der Waals surface area contributed by atoms with Gasteiger partial charge in [-0.3, -0.25) is 4.79 Å². The average Bonchev–Trinajstić information content (AvgIpc) is 2.62. The molecule has 0 aliphatic rings. The van der Waals surface area contributed by atoms with Crippen LogP contribution in [0.4, 0.5) is 0 Å². The Hall–Kier alpha value is -2.44.